The van der Waals surface area contributed by atoms with Gasteiger partial charge >= 0.3 is 0 Å². The Bertz CT molecular complexity index is 281. The first kappa shape index (κ1) is 10.1. The van der Waals surface area contributed by atoms with Gasteiger partial charge in [0.1, 0.15) is 5.01 Å². The van der Waals surface area contributed by atoms with Crippen LogP contribution in [0.1, 0.15) is 36.0 Å². The molecule has 0 aromatic carbocycles. The molecule has 3 nitrogen and oxygen atoms in total. The quantitative estimate of drug-likeness (QED) is 0.833. The molecular weight excluding hydrogens is 196 g/mol. The van der Waals surface area contributed by atoms with Crippen molar-refractivity contribution in [3.8, 4) is 0 Å². The second-order valence-corrected chi connectivity index (χ2v) is 4.54. The van der Waals surface area contributed by atoms with Crippen molar-refractivity contribution in [2.24, 2.45) is 0 Å². The summed E-state index contributed by atoms with van der Waals surface area (Å²) in [6, 6.07) is 0.477. The molecule has 1 aliphatic rings. The third kappa shape index (κ3) is 2.32. The van der Waals surface area contributed by atoms with Gasteiger partial charge < -0.3 is 10.1 Å². The van der Waals surface area contributed by atoms with Crippen molar-refractivity contribution in [1.82, 2.24) is 10.3 Å². The predicted molar refractivity (Wildman–Crippen MR) is 57.4 cm³/mol. The number of aromatic nitrogens is 1. The molecule has 0 radical (unpaired) electrons. The molecule has 4 heteroatoms. The highest BCUT2D eigenvalue weighted by Crippen LogP contribution is 2.24. The van der Waals surface area contributed by atoms with Crippen molar-refractivity contribution >= 4 is 11.3 Å². The topological polar surface area (TPSA) is 34.1 Å². The van der Waals surface area contributed by atoms with Gasteiger partial charge in [0, 0.05) is 12.5 Å². The average molecular weight is 212 g/mol. The molecule has 0 aliphatic carbocycles. The lowest BCUT2D eigenvalue weighted by atomic mass is 10.0. The Labute approximate surface area is 88.5 Å². The Kier molecular flexibility index (Phi) is 3.50. The lowest BCUT2D eigenvalue weighted by molar-refractivity contribution is 0.184. The SMILES string of the molecule is COCc1nc(C2CCCCN2)cs1. The number of rotatable bonds is 3. The van der Waals surface area contributed by atoms with E-state index >= 15 is 0 Å². The number of nitrogens with zero attached hydrogens (tertiary/aromatic N) is 1. The maximum Gasteiger partial charge on any atom is 0.119 e. The summed E-state index contributed by atoms with van der Waals surface area (Å²) in [5.74, 6) is 0. The number of piperidine rings is 1. The number of ether oxygens (including phenoxy) is 1. The Hall–Kier alpha value is -0.450. The van der Waals surface area contributed by atoms with E-state index in [1.807, 2.05) is 0 Å². The predicted octanol–water partition coefficient (Wildman–Crippen LogP) is 2.10. The lowest BCUT2D eigenvalue weighted by Crippen LogP contribution is -2.26. The molecule has 0 bridgehead atoms. The largest absolute Gasteiger partial charge is 0.378 e. The summed E-state index contributed by atoms with van der Waals surface area (Å²) in [5, 5.41) is 6.72. The summed E-state index contributed by atoms with van der Waals surface area (Å²) in [6.07, 6.45) is 3.83. The summed E-state index contributed by atoms with van der Waals surface area (Å²) in [4.78, 5) is 4.55. The van der Waals surface area contributed by atoms with Crippen molar-refractivity contribution in [2.45, 2.75) is 31.9 Å². The fourth-order valence-electron chi connectivity index (χ4n) is 1.78. The maximum atomic E-state index is 5.06. The van der Waals surface area contributed by atoms with E-state index in [-0.39, 0.29) is 0 Å². The molecular formula is C10H16N2OS. The molecule has 1 N–H and O–H groups in total. The molecule has 2 rings (SSSR count). The zero-order chi connectivity index (χ0) is 9.80. The first-order valence-corrected chi connectivity index (χ1v) is 5.94. The Morgan fingerprint density at radius 1 is 1.64 bits per heavy atom. The molecule has 78 valence electrons. The fraction of sp³-hybridized carbons (Fsp3) is 0.700. The van der Waals surface area contributed by atoms with E-state index in [0.29, 0.717) is 12.6 Å². The van der Waals surface area contributed by atoms with E-state index in [9.17, 15) is 0 Å². The third-order valence-corrected chi connectivity index (χ3v) is 3.35. The molecule has 1 unspecified atom stereocenters. The molecule has 1 aliphatic heterocycles. The lowest BCUT2D eigenvalue weighted by Gasteiger charge is -2.21. The van der Waals surface area contributed by atoms with Gasteiger partial charge in [-0.15, -0.1) is 11.3 Å². The molecule has 1 aromatic heterocycles. The second kappa shape index (κ2) is 4.87. The third-order valence-electron chi connectivity index (χ3n) is 2.50. The summed E-state index contributed by atoms with van der Waals surface area (Å²) in [6.45, 7) is 1.76. The van der Waals surface area contributed by atoms with Crippen LogP contribution in [0.15, 0.2) is 5.38 Å². The molecule has 1 aromatic rings. The van der Waals surface area contributed by atoms with Gasteiger partial charge in [-0.05, 0) is 19.4 Å². The summed E-state index contributed by atoms with van der Waals surface area (Å²) < 4.78 is 5.06. The van der Waals surface area contributed by atoms with Crippen LogP contribution >= 0.6 is 11.3 Å². The van der Waals surface area contributed by atoms with Crippen LogP contribution in [-0.4, -0.2) is 18.6 Å². The summed E-state index contributed by atoms with van der Waals surface area (Å²) >= 11 is 1.69. The van der Waals surface area contributed by atoms with Gasteiger partial charge in [0.2, 0.25) is 0 Å². The van der Waals surface area contributed by atoms with E-state index in [1.165, 1.54) is 25.0 Å². The van der Waals surface area contributed by atoms with Crippen molar-refractivity contribution in [1.29, 1.82) is 0 Å². The molecule has 0 amide bonds. The van der Waals surface area contributed by atoms with Gasteiger partial charge in [-0.3, -0.25) is 0 Å². The molecule has 1 fully saturated rings. The van der Waals surface area contributed by atoms with Crippen LogP contribution in [0.3, 0.4) is 0 Å². The van der Waals surface area contributed by atoms with Crippen LogP contribution in [0.2, 0.25) is 0 Å². The highest BCUT2D eigenvalue weighted by Gasteiger charge is 2.17. The first-order chi connectivity index (χ1) is 6.90. The van der Waals surface area contributed by atoms with Crippen molar-refractivity contribution < 1.29 is 4.74 Å². The molecule has 0 saturated carbocycles. The Morgan fingerprint density at radius 3 is 3.29 bits per heavy atom. The van der Waals surface area contributed by atoms with Crippen molar-refractivity contribution in [3.05, 3.63) is 16.1 Å². The maximum absolute atomic E-state index is 5.06. The zero-order valence-electron chi connectivity index (χ0n) is 8.45. The monoisotopic (exact) mass is 212 g/mol. The Balaban J connectivity index is 2.00. The molecule has 1 atom stereocenters. The van der Waals surface area contributed by atoms with E-state index in [1.54, 1.807) is 18.4 Å². The van der Waals surface area contributed by atoms with E-state index in [2.05, 4.69) is 15.7 Å². The first-order valence-electron chi connectivity index (χ1n) is 5.07. The van der Waals surface area contributed by atoms with Gasteiger partial charge in [0.25, 0.3) is 0 Å². The van der Waals surface area contributed by atoms with Crippen LogP contribution in [0, 0.1) is 0 Å². The van der Waals surface area contributed by atoms with Crippen LogP contribution in [0.4, 0.5) is 0 Å². The van der Waals surface area contributed by atoms with Gasteiger partial charge in [0.15, 0.2) is 0 Å². The minimum Gasteiger partial charge on any atom is -0.378 e. The number of hydrogen-bond acceptors (Lipinski definition) is 4. The minimum atomic E-state index is 0.477. The van der Waals surface area contributed by atoms with Crippen LogP contribution in [0.25, 0.3) is 0 Å². The van der Waals surface area contributed by atoms with Gasteiger partial charge in [-0.1, -0.05) is 6.42 Å². The van der Waals surface area contributed by atoms with E-state index < -0.39 is 0 Å². The van der Waals surface area contributed by atoms with Gasteiger partial charge in [0.05, 0.1) is 18.3 Å². The zero-order valence-corrected chi connectivity index (χ0v) is 9.27. The van der Waals surface area contributed by atoms with E-state index in [0.717, 1.165) is 11.6 Å². The van der Waals surface area contributed by atoms with Crippen molar-refractivity contribution in [3.63, 3.8) is 0 Å². The minimum absolute atomic E-state index is 0.477. The fourth-order valence-corrected chi connectivity index (χ4v) is 2.60. The highest BCUT2D eigenvalue weighted by molar-refractivity contribution is 7.09. The standard InChI is InChI=1S/C10H16N2OS/c1-13-6-10-12-9(7-14-10)8-4-2-3-5-11-8/h7-8,11H,2-6H2,1H3. The van der Waals surface area contributed by atoms with Crippen LogP contribution < -0.4 is 5.32 Å². The number of hydrogen-bond donors (Lipinski definition) is 1. The molecule has 1 saturated heterocycles. The van der Waals surface area contributed by atoms with Gasteiger partial charge in [-0.25, -0.2) is 4.98 Å². The molecule has 0 spiro atoms. The summed E-state index contributed by atoms with van der Waals surface area (Å²) in [7, 11) is 1.71. The molecule has 14 heavy (non-hydrogen) atoms. The second-order valence-electron chi connectivity index (χ2n) is 3.60. The van der Waals surface area contributed by atoms with Crippen LogP contribution in [-0.2, 0) is 11.3 Å². The Morgan fingerprint density at radius 2 is 2.57 bits per heavy atom. The number of methoxy groups -OCH3 is 1. The number of thiazole rings is 1. The molecule has 2 heterocycles. The van der Waals surface area contributed by atoms with E-state index in [4.69, 9.17) is 4.74 Å². The smallest absolute Gasteiger partial charge is 0.119 e. The number of nitrogens with one attached hydrogen (secondary N) is 1. The highest BCUT2D eigenvalue weighted by atomic mass is 32.1. The normalized spacial score (nSPS) is 22.5. The van der Waals surface area contributed by atoms with Gasteiger partial charge in [-0.2, -0.15) is 0 Å². The summed E-state index contributed by atoms with van der Waals surface area (Å²) in [5.41, 5.74) is 1.20. The average Bonchev–Trinajstić information content (AvgIpc) is 2.68. The van der Waals surface area contributed by atoms with Crippen LogP contribution in [0.5, 0.6) is 0 Å². The van der Waals surface area contributed by atoms with Crippen molar-refractivity contribution in [2.75, 3.05) is 13.7 Å².